The lowest BCUT2D eigenvalue weighted by Gasteiger charge is -2.11. The SMILES string of the molecule is Cc1cccc(-n2nc(C(=O)Nc3ccccc3)nc2-c2ccc(Br)cc2)c1C. The summed E-state index contributed by atoms with van der Waals surface area (Å²) < 4.78 is 2.71. The van der Waals surface area contributed by atoms with E-state index in [2.05, 4.69) is 44.3 Å². The van der Waals surface area contributed by atoms with Gasteiger partial charge in [0.15, 0.2) is 5.82 Å². The van der Waals surface area contributed by atoms with Gasteiger partial charge in [0.1, 0.15) is 0 Å². The summed E-state index contributed by atoms with van der Waals surface area (Å²) >= 11 is 3.46. The van der Waals surface area contributed by atoms with Crippen LogP contribution in [0, 0.1) is 13.8 Å². The highest BCUT2D eigenvalue weighted by molar-refractivity contribution is 9.10. The molecule has 29 heavy (non-hydrogen) atoms. The third kappa shape index (κ3) is 3.98. The van der Waals surface area contributed by atoms with Crippen LogP contribution in [0.5, 0.6) is 0 Å². The number of hydrogen-bond donors (Lipinski definition) is 1. The third-order valence-corrected chi connectivity index (χ3v) is 5.28. The molecule has 144 valence electrons. The second-order valence-electron chi connectivity index (χ2n) is 6.72. The molecule has 6 heteroatoms. The summed E-state index contributed by atoms with van der Waals surface area (Å²) in [7, 11) is 0. The van der Waals surface area contributed by atoms with E-state index in [4.69, 9.17) is 0 Å². The summed E-state index contributed by atoms with van der Waals surface area (Å²) in [4.78, 5) is 17.4. The highest BCUT2D eigenvalue weighted by Gasteiger charge is 2.20. The molecular weight excluding hydrogens is 428 g/mol. The van der Waals surface area contributed by atoms with E-state index >= 15 is 0 Å². The summed E-state index contributed by atoms with van der Waals surface area (Å²) in [5.41, 5.74) is 4.71. The lowest BCUT2D eigenvalue weighted by molar-refractivity contribution is 0.101. The van der Waals surface area contributed by atoms with Gasteiger partial charge in [0.25, 0.3) is 5.91 Å². The molecule has 0 aliphatic carbocycles. The lowest BCUT2D eigenvalue weighted by Crippen LogP contribution is -2.14. The molecule has 0 saturated heterocycles. The van der Waals surface area contributed by atoms with Crippen molar-refractivity contribution in [2.24, 2.45) is 0 Å². The number of amides is 1. The number of aromatic nitrogens is 3. The van der Waals surface area contributed by atoms with Gasteiger partial charge >= 0.3 is 0 Å². The summed E-state index contributed by atoms with van der Waals surface area (Å²) in [5.74, 6) is 0.385. The summed E-state index contributed by atoms with van der Waals surface area (Å²) in [5, 5.41) is 7.41. The molecule has 4 aromatic rings. The van der Waals surface area contributed by atoms with Crippen LogP contribution in [-0.2, 0) is 0 Å². The van der Waals surface area contributed by atoms with Gasteiger partial charge in [-0.1, -0.05) is 58.4 Å². The number of carbonyl (C=O) groups excluding carboxylic acids is 1. The van der Waals surface area contributed by atoms with Gasteiger partial charge in [-0.15, -0.1) is 5.10 Å². The van der Waals surface area contributed by atoms with Crippen LogP contribution in [0.1, 0.15) is 21.7 Å². The zero-order chi connectivity index (χ0) is 20.4. The first kappa shape index (κ1) is 19.1. The van der Waals surface area contributed by atoms with Crippen LogP contribution in [0.15, 0.2) is 77.3 Å². The third-order valence-electron chi connectivity index (χ3n) is 4.75. The number of anilines is 1. The van der Waals surface area contributed by atoms with Crippen LogP contribution >= 0.6 is 15.9 Å². The average Bonchev–Trinajstić information content (AvgIpc) is 3.17. The molecular formula is C23H19BrN4O. The Labute approximate surface area is 177 Å². The number of nitrogens with zero attached hydrogens (tertiary/aromatic N) is 3. The standard InChI is InChI=1S/C23H19BrN4O/c1-15-7-6-10-20(16(15)2)28-22(17-11-13-18(24)14-12-17)26-21(27-28)23(29)25-19-8-4-3-5-9-19/h3-14H,1-2H3,(H,25,29). The van der Waals surface area contributed by atoms with Crippen molar-refractivity contribution in [3.8, 4) is 17.1 Å². The monoisotopic (exact) mass is 446 g/mol. The first-order valence-electron chi connectivity index (χ1n) is 9.19. The van der Waals surface area contributed by atoms with E-state index in [9.17, 15) is 4.79 Å². The second-order valence-corrected chi connectivity index (χ2v) is 7.63. The minimum absolute atomic E-state index is 0.118. The van der Waals surface area contributed by atoms with E-state index in [0.29, 0.717) is 11.5 Å². The molecule has 1 heterocycles. The fourth-order valence-corrected chi connectivity index (χ4v) is 3.30. The first-order valence-corrected chi connectivity index (χ1v) is 9.98. The smallest absolute Gasteiger partial charge is 0.295 e. The van der Waals surface area contributed by atoms with Crippen molar-refractivity contribution in [1.82, 2.24) is 14.8 Å². The Bertz CT molecular complexity index is 1170. The van der Waals surface area contributed by atoms with Crippen LogP contribution < -0.4 is 5.32 Å². The highest BCUT2D eigenvalue weighted by atomic mass is 79.9. The number of rotatable bonds is 4. The van der Waals surface area contributed by atoms with Crippen molar-refractivity contribution in [3.63, 3.8) is 0 Å². The number of aryl methyl sites for hydroxylation is 1. The van der Waals surface area contributed by atoms with Gasteiger partial charge in [-0.05, 0) is 55.3 Å². The lowest BCUT2D eigenvalue weighted by atomic mass is 10.1. The fraction of sp³-hybridized carbons (Fsp3) is 0.0870. The zero-order valence-electron chi connectivity index (χ0n) is 16.1. The Morgan fingerprint density at radius 2 is 1.66 bits per heavy atom. The zero-order valence-corrected chi connectivity index (χ0v) is 17.6. The largest absolute Gasteiger partial charge is 0.319 e. The van der Waals surface area contributed by atoms with E-state index in [1.807, 2.05) is 73.7 Å². The molecule has 1 N–H and O–H groups in total. The number of hydrogen-bond acceptors (Lipinski definition) is 3. The molecule has 5 nitrogen and oxygen atoms in total. The molecule has 0 radical (unpaired) electrons. The molecule has 1 amide bonds. The Morgan fingerprint density at radius 3 is 2.38 bits per heavy atom. The van der Waals surface area contributed by atoms with Crippen LogP contribution in [0.4, 0.5) is 5.69 Å². The Morgan fingerprint density at radius 1 is 0.931 bits per heavy atom. The molecule has 0 bridgehead atoms. The molecule has 0 aliphatic heterocycles. The van der Waals surface area contributed by atoms with Gasteiger partial charge < -0.3 is 5.32 Å². The predicted molar refractivity (Wildman–Crippen MR) is 118 cm³/mol. The predicted octanol–water partition coefficient (Wildman–Crippen LogP) is 5.57. The molecule has 4 rings (SSSR count). The molecule has 0 unspecified atom stereocenters. The molecule has 0 fully saturated rings. The number of carbonyl (C=O) groups is 1. The van der Waals surface area contributed by atoms with Crippen molar-refractivity contribution in [2.75, 3.05) is 5.32 Å². The normalized spacial score (nSPS) is 10.7. The average molecular weight is 447 g/mol. The Balaban J connectivity index is 1.81. The summed E-state index contributed by atoms with van der Waals surface area (Å²) in [6.07, 6.45) is 0. The molecule has 1 aromatic heterocycles. The van der Waals surface area contributed by atoms with E-state index in [1.165, 1.54) is 0 Å². The molecule has 0 aliphatic rings. The second kappa shape index (κ2) is 8.01. The summed E-state index contributed by atoms with van der Waals surface area (Å²) in [6, 6.07) is 23.1. The van der Waals surface area contributed by atoms with Crippen molar-refractivity contribution in [3.05, 3.63) is 94.2 Å². The van der Waals surface area contributed by atoms with Gasteiger partial charge in [0, 0.05) is 15.7 Å². The number of para-hydroxylation sites is 1. The van der Waals surface area contributed by atoms with Crippen LogP contribution in [0.2, 0.25) is 0 Å². The van der Waals surface area contributed by atoms with Crippen LogP contribution in [-0.4, -0.2) is 20.7 Å². The van der Waals surface area contributed by atoms with E-state index in [0.717, 1.165) is 26.9 Å². The van der Waals surface area contributed by atoms with E-state index in [1.54, 1.807) is 4.68 Å². The minimum Gasteiger partial charge on any atom is -0.319 e. The maximum absolute atomic E-state index is 12.8. The van der Waals surface area contributed by atoms with Crippen molar-refractivity contribution in [2.45, 2.75) is 13.8 Å². The van der Waals surface area contributed by atoms with Crippen molar-refractivity contribution < 1.29 is 4.79 Å². The first-order chi connectivity index (χ1) is 14.0. The fourth-order valence-electron chi connectivity index (χ4n) is 3.04. The molecule has 0 atom stereocenters. The van der Waals surface area contributed by atoms with Crippen LogP contribution in [0.3, 0.4) is 0 Å². The molecule has 0 spiro atoms. The maximum atomic E-state index is 12.8. The van der Waals surface area contributed by atoms with E-state index < -0.39 is 0 Å². The minimum atomic E-state index is -0.349. The summed E-state index contributed by atoms with van der Waals surface area (Å²) in [6.45, 7) is 4.10. The van der Waals surface area contributed by atoms with Crippen LogP contribution in [0.25, 0.3) is 17.1 Å². The quantitative estimate of drug-likeness (QED) is 0.445. The Hall–Kier alpha value is -3.25. The van der Waals surface area contributed by atoms with Gasteiger partial charge in [-0.2, -0.15) is 0 Å². The van der Waals surface area contributed by atoms with Crippen molar-refractivity contribution >= 4 is 27.5 Å². The van der Waals surface area contributed by atoms with Gasteiger partial charge in [-0.25, -0.2) is 9.67 Å². The van der Waals surface area contributed by atoms with Crippen molar-refractivity contribution in [1.29, 1.82) is 0 Å². The molecule has 3 aromatic carbocycles. The topological polar surface area (TPSA) is 59.8 Å². The number of benzene rings is 3. The van der Waals surface area contributed by atoms with Gasteiger partial charge in [0.05, 0.1) is 5.69 Å². The van der Waals surface area contributed by atoms with Gasteiger partial charge in [0.2, 0.25) is 5.82 Å². The Kier molecular flexibility index (Phi) is 5.27. The molecule has 0 saturated carbocycles. The number of nitrogens with one attached hydrogen (secondary N) is 1. The highest BCUT2D eigenvalue weighted by Crippen LogP contribution is 2.26. The maximum Gasteiger partial charge on any atom is 0.295 e. The van der Waals surface area contributed by atoms with E-state index in [-0.39, 0.29) is 11.7 Å². The van der Waals surface area contributed by atoms with Gasteiger partial charge in [-0.3, -0.25) is 4.79 Å². The number of halogens is 1.